The van der Waals surface area contributed by atoms with Crippen LogP contribution in [0.25, 0.3) is 0 Å². The van der Waals surface area contributed by atoms with E-state index in [-0.39, 0.29) is 0 Å². The monoisotopic (exact) mass is 365 g/mol. The molecule has 4 rings (SSSR count). The molecule has 0 N–H and O–H groups in total. The number of aryl methyl sites for hydroxylation is 1. The minimum Gasteiger partial charge on any atom is -0.356 e. The van der Waals surface area contributed by atoms with E-state index in [1.807, 2.05) is 13.1 Å². The van der Waals surface area contributed by atoms with Gasteiger partial charge in [0.25, 0.3) is 0 Å². The zero-order chi connectivity index (χ0) is 14.4. The van der Waals surface area contributed by atoms with Crippen LogP contribution in [-0.2, 0) is 0 Å². The Bertz CT molecular complexity index is 629. The van der Waals surface area contributed by atoms with E-state index in [4.69, 9.17) is 0 Å². The predicted octanol–water partition coefficient (Wildman–Crippen LogP) is 2.58. The molecule has 110 valence electrons. The summed E-state index contributed by atoms with van der Waals surface area (Å²) in [5.41, 5.74) is 0. The third-order valence-corrected chi connectivity index (χ3v) is 5.65. The van der Waals surface area contributed by atoms with Gasteiger partial charge in [-0.3, -0.25) is 0 Å². The first-order chi connectivity index (χ1) is 10.2. The van der Waals surface area contributed by atoms with Gasteiger partial charge in [-0.2, -0.15) is 4.37 Å². The van der Waals surface area contributed by atoms with Crippen molar-refractivity contribution in [3.05, 3.63) is 28.6 Å². The number of rotatable bonds is 2. The molecule has 2 atom stereocenters. The third kappa shape index (κ3) is 2.53. The zero-order valence-electron chi connectivity index (χ0n) is 11.7. The molecule has 0 amide bonds. The van der Waals surface area contributed by atoms with E-state index < -0.39 is 0 Å². The van der Waals surface area contributed by atoms with Gasteiger partial charge in [-0.25, -0.2) is 9.97 Å². The summed E-state index contributed by atoms with van der Waals surface area (Å²) in [6, 6.07) is 4.16. The second-order valence-electron chi connectivity index (χ2n) is 5.79. The zero-order valence-corrected chi connectivity index (χ0v) is 14.1. The number of anilines is 2. The number of hydrogen-bond acceptors (Lipinski definition) is 6. The van der Waals surface area contributed by atoms with E-state index in [9.17, 15) is 0 Å². The molecule has 4 heterocycles. The predicted molar refractivity (Wildman–Crippen MR) is 88.0 cm³/mol. The highest BCUT2D eigenvalue weighted by atomic mass is 79.9. The lowest BCUT2D eigenvalue weighted by atomic mass is 10.0. The van der Waals surface area contributed by atoms with Crippen molar-refractivity contribution in [2.75, 3.05) is 36.0 Å². The van der Waals surface area contributed by atoms with Crippen LogP contribution in [0.2, 0.25) is 0 Å². The molecule has 0 radical (unpaired) electrons. The second kappa shape index (κ2) is 5.21. The van der Waals surface area contributed by atoms with Crippen molar-refractivity contribution in [1.29, 1.82) is 0 Å². The Labute approximate surface area is 136 Å². The van der Waals surface area contributed by atoms with Crippen LogP contribution in [0, 0.1) is 18.8 Å². The Kier molecular flexibility index (Phi) is 3.34. The molecule has 2 aromatic rings. The van der Waals surface area contributed by atoms with E-state index in [1.165, 1.54) is 11.5 Å². The summed E-state index contributed by atoms with van der Waals surface area (Å²) in [6.07, 6.45) is 1.87. The van der Waals surface area contributed by atoms with Gasteiger partial charge in [0.1, 0.15) is 11.6 Å². The van der Waals surface area contributed by atoms with Gasteiger partial charge in [0, 0.05) is 60.2 Å². The first-order valence-electron chi connectivity index (χ1n) is 7.11. The van der Waals surface area contributed by atoms with E-state index in [0.29, 0.717) is 11.8 Å². The molecule has 0 bridgehead atoms. The normalized spacial score (nSPS) is 24.7. The van der Waals surface area contributed by atoms with Crippen molar-refractivity contribution in [2.45, 2.75) is 6.92 Å². The average molecular weight is 366 g/mol. The molecular formula is C14H16BrN5S. The second-order valence-corrected chi connectivity index (χ2v) is 7.43. The molecule has 2 saturated heterocycles. The number of halogens is 1. The highest BCUT2D eigenvalue weighted by Crippen LogP contribution is 2.36. The minimum atomic E-state index is 0.708. The third-order valence-electron chi connectivity index (χ3n) is 4.31. The maximum absolute atomic E-state index is 4.51. The van der Waals surface area contributed by atoms with Crippen LogP contribution < -0.4 is 9.80 Å². The number of aromatic nitrogens is 3. The average Bonchev–Trinajstić information content (AvgIpc) is 3.13. The van der Waals surface area contributed by atoms with Crippen LogP contribution in [0.3, 0.4) is 0 Å². The fourth-order valence-electron chi connectivity index (χ4n) is 3.31. The number of fused-ring (bicyclic) bond motifs is 1. The van der Waals surface area contributed by atoms with Crippen LogP contribution in [0.5, 0.6) is 0 Å². The highest BCUT2D eigenvalue weighted by Gasteiger charge is 2.41. The number of nitrogens with zero attached hydrogens (tertiary/aromatic N) is 5. The van der Waals surface area contributed by atoms with E-state index >= 15 is 0 Å². The van der Waals surface area contributed by atoms with Gasteiger partial charge in [0.15, 0.2) is 0 Å². The van der Waals surface area contributed by atoms with Crippen molar-refractivity contribution in [3.63, 3.8) is 0 Å². The topological polar surface area (TPSA) is 45.2 Å². The lowest BCUT2D eigenvalue weighted by Crippen LogP contribution is -2.29. The molecule has 21 heavy (non-hydrogen) atoms. The lowest BCUT2D eigenvalue weighted by molar-refractivity contribution is 0.533. The number of hydrogen-bond donors (Lipinski definition) is 0. The molecule has 0 spiro atoms. The van der Waals surface area contributed by atoms with Crippen molar-refractivity contribution >= 4 is 38.4 Å². The van der Waals surface area contributed by atoms with Gasteiger partial charge in [-0.1, -0.05) is 0 Å². The molecule has 2 aliphatic rings. The molecule has 5 nitrogen and oxygen atoms in total. The molecule has 7 heteroatoms. The Morgan fingerprint density at radius 1 is 1.14 bits per heavy atom. The minimum absolute atomic E-state index is 0.708. The molecule has 2 unspecified atom stereocenters. The van der Waals surface area contributed by atoms with Crippen LogP contribution in [-0.4, -0.2) is 40.5 Å². The first-order valence-corrected chi connectivity index (χ1v) is 8.67. The summed E-state index contributed by atoms with van der Waals surface area (Å²) in [7, 11) is 0. The Morgan fingerprint density at radius 3 is 2.43 bits per heavy atom. The van der Waals surface area contributed by atoms with Crippen LogP contribution in [0.1, 0.15) is 5.82 Å². The van der Waals surface area contributed by atoms with Crippen molar-refractivity contribution < 1.29 is 0 Å². The molecule has 0 aromatic carbocycles. The highest BCUT2D eigenvalue weighted by molar-refractivity contribution is 9.10. The lowest BCUT2D eigenvalue weighted by Gasteiger charge is -2.21. The van der Waals surface area contributed by atoms with Crippen molar-refractivity contribution in [2.24, 2.45) is 11.8 Å². The fourth-order valence-corrected chi connectivity index (χ4v) is 4.23. The molecule has 2 aromatic heterocycles. The standard InChI is InChI=1S/C14H16BrN5S/c1-9-17-14(21-18-9)20-7-10-5-19(6-11(10)8-20)13-3-2-12(15)4-16-13/h2-4,10-11H,5-8H2,1H3. The Morgan fingerprint density at radius 2 is 1.86 bits per heavy atom. The largest absolute Gasteiger partial charge is 0.356 e. The summed E-state index contributed by atoms with van der Waals surface area (Å²) in [6.45, 7) is 6.32. The Balaban J connectivity index is 1.44. The van der Waals surface area contributed by atoms with Gasteiger partial charge < -0.3 is 9.80 Å². The van der Waals surface area contributed by atoms with Gasteiger partial charge in [-0.05, 0) is 35.0 Å². The van der Waals surface area contributed by atoms with Crippen molar-refractivity contribution in [3.8, 4) is 0 Å². The smallest absolute Gasteiger partial charge is 0.205 e. The van der Waals surface area contributed by atoms with E-state index in [2.05, 4.69) is 52.2 Å². The molecule has 0 saturated carbocycles. The number of pyridine rings is 1. The molecular weight excluding hydrogens is 350 g/mol. The summed E-state index contributed by atoms with van der Waals surface area (Å²) in [5.74, 6) is 3.39. The van der Waals surface area contributed by atoms with Crippen LogP contribution in [0.15, 0.2) is 22.8 Å². The Hall–Kier alpha value is -1.21. The van der Waals surface area contributed by atoms with E-state index in [0.717, 1.165) is 47.4 Å². The van der Waals surface area contributed by atoms with Crippen LogP contribution in [0.4, 0.5) is 10.9 Å². The summed E-state index contributed by atoms with van der Waals surface area (Å²) in [5, 5.41) is 1.08. The summed E-state index contributed by atoms with van der Waals surface area (Å²) < 4.78 is 5.32. The van der Waals surface area contributed by atoms with Crippen molar-refractivity contribution in [1.82, 2.24) is 14.3 Å². The van der Waals surface area contributed by atoms with Gasteiger partial charge >= 0.3 is 0 Å². The van der Waals surface area contributed by atoms with Gasteiger partial charge in [0.2, 0.25) is 5.13 Å². The quantitative estimate of drug-likeness (QED) is 0.818. The summed E-state index contributed by atoms with van der Waals surface area (Å²) in [4.78, 5) is 13.8. The maximum atomic E-state index is 4.51. The van der Waals surface area contributed by atoms with E-state index in [1.54, 1.807) is 0 Å². The molecule has 2 aliphatic heterocycles. The SMILES string of the molecule is Cc1nsc(N2CC3CN(c4ccc(Br)cn4)CC3C2)n1. The molecule has 0 aliphatic carbocycles. The first kappa shape index (κ1) is 13.5. The maximum Gasteiger partial charge on any atom is 0.205 e. The van der Waals surface area contributed by atoms with Gasteiger partial charge in [-0.15, -0.1) is 0 Å². The van der Waals surface area contributed by atoms with Gasteiger partial charge in [0.05, 0.1) is 0 Å². The van der Waals surface area contributed by atoms with Crippen LogP contribution >= 0.6 is 27.5 Å². The summed E-state index contributed by atoms with van der Waals surface area (Å²) >= 11 is 4.96. The fraction of sp³-hybridized carbons (Fsp3) is 0.500. The molecule has 2 fully saturated rings.